The molecule has 1 heterocycles. The van der Waals surface area contributed by atoms with Gasteiger partial charge in [0, 0.05) is 12.5 Å². The number of hydrogen-bond acceptors (Lipinski definition) is 4. The quantitative estimate of drug-likeness (QED) is 0.802. The van der Waals surface area contributed by atoms with E-state index in [2.05, 4.69) is 0 Å². The fourth-order valence-corrected chi connectivity index (χ4v) is 2.51. The van der Waals surface area contributed by atoms with E-state index in [4.69, 9.17) is 4.74 Å². The van der Waals surface area contributed by atoms with Crippen molar-refractivity contribution in [3.8, 4) is 0 Å². The Morgan fingerprint density at radius 1 is 1.47 bits per heavy atom. The largest absolute Gasteiger partial charge is 0.389 e. The Morgan fingerprint density at radius 2 is 2.06 bits per heavy atom. The first kappa shape index (κ1) is 14.6. The number of nitrogens with zero attached hydrogens (tertiary/aromatic N) is 1. The van der Waals surface area contributed by atoms with E-state index >= 15 is 0 Å². The number of carbonyl (C=O) groups excluding carboxylic acids is 1. The topological polar surface area (TPSA) is 49.8 Å². The summed E-state index contributed by atoms with van der Waals surface area (Å²) in [7, 11) is 3.92. The smallest absolute Gasteiger partial charge is 0.132 e. The van der Waals surface area contributed by atoms with Gasteiger partial charge in [0.25, 0.3) is 0 Å². The van der Waals surface area contributed by atoms with Crippen LogP contribution < -0.4 is 0 Å². The van der Waals surface area contributed by atoms with Crippen molar-refractivity contribution in [1.82, 2.24) is 4.90 Å². The first-order valence-electron chi connectivity index (χ1n) is 6.32. The van der Waals surface area contributed by atoms with E-state index in [1.807, 2.05) is 32.8 Å². The van der Waals surface area contributed by atoms with Crippen LogP contribution in [-0.4, -0.2) is 54.2 Å². The van der Waals surface area contributed by atoms with Crippen molar-refractivity contribution in [3.63, 3.8) is 0 Å². The normalized spacial score (nSPS) is 34.4. The Balaban J connectivity index is 2.77. The molecule has 0 spiro atoms. The van der Waals surface area contributed by atoms with Gasteiger partial charge in [-0.25, -0.2) is 0 Å². The van der Waals surface area contributed by atoms with E-state index in [0.29, 0.717) is 6.42 Å². The van der Waals surface area contributed by atoms with E-state index in [-0.39, 0.29) is 30.0 Å². The van der Waals surface area contributed by atoms with Crippen LogP contribution in [0.2, 0.25) is 0 Å². The monoisotopic (exact) mass is 243 g/mol. The minimum atomic E-state index is -0.479. The molecule has 0 amide bonds. The van der Waals surface area contributed by atoms with Gasteiger partial charge in [-0.1, -0.05) is 13.8 Å². The predicted molar refractivity (Wildman–Crippen MR) is 66.9 cm³/mol. The summed E-state index contributed by atoms with van der Waals surface area (Å²) in [5.74, 6) is 0.397. The highest BCUT2D eigenvalue weighted by molar-refractivity contribution is 5.76. The molecule has 1 saturated heterocycles. The molecule has 0 aromatic carbocycles. The minimum absolute atomic E-state index is 0.0595. The molecular formula is C13H25NO3. The lowest BCUT2D eigenvalue weighted by molar-refractivity contribution is -0.167. The number of aliphatic hydroxyl groups is 1. The Labute approximate surface area is 104 Å². The maximum absolute atomic E-state index is 11.2. The van der Waals surface area contributed by atoms with Gasteiger partial charge in [-0.15, -0.1) is 0 Å². The van der Waals surface area contributed by atoms with E-state index < -0.39 is 6.10 Å². The number of likely N-dealkylation sites (N-methyl/N-ethyl adjacent to an activating group) is 1. The van der Waals surface area contributed by atoms with Gasteiger partial charge in [0.1, 0.15) is 5.78 Å². The highest BCUT2D eigenvalue weighted by Crippen LogP contribution is 2.28. The Morgan fingerprint density at radius 3 is 2.47 bits per heavy atom. The fraction of sp³-hybridized carbons (Fsp3) is 0.923. The first-order valence-corrected chi connectivity index (χ1v) is 6.32. The Bertz CT molecular complexity index is 247. The molecule has 0 bridgehead atoms. The van der Waals surface area contributed by atoms with Gasteiger partial charge in [0.2, 0.25) is 0 Å². The third-order valence-corrected chi connectivity index (χ3v) is 3.42. The predicted octanol–water partition coefficient (Wildman–Crippen LogP) is 1.07. The lowest BCUT2D eigenvalue weighted by Crippen LogP contribution is -2.55. The molecule has 1 fully saturated rings. The molecule has 1 rings (SSSR count). The summed E-state index contributed by atoms with van der Waals surface area (Å²) in [6.07, 6.45) is 0.446. The molecule has 4 atom stereocenters. The van der Waals surface area contributed by atoms with E-state index in [0.717, 1.165) is 6.42 Å². The summed E-state index contributed by atoms with van der Waals surface area (Å²) in [5, 5.41) is 10.3. The SMILES string of the molecule is CC(=O)C[C@@H]1C[C@H](N(C)C)[C@@H](O)[C@H](C(C)C)O1. The average Bonchev–Trinajstić information content (AvgIpc) is 2.18. The van der Waals surface area contributed by atoms with Crippen LogP contribution in [0, 0.1) is 5.92 Å². The standard InChI is InChI=1S/C13H25NO3/c1-8(2)13-12(16)11(14(4)5)7-10(17-13)6-9(3)15/h8,10-13,16H,6-7H2,1-5H3/t10-,11+,12-,13+/m1/s1. The van der Waals surface area contributed by atoms with Crippen LogP contribution in [0.15, 0.2) is 0 Å². The molecule has 4 nitrogen and oxygen atoms in total. The number of hydrogen-bond donors (Lipinski definition) is 1. The molecule has 0 aromatic heterocycles. The van der Waals surface area contributed by atoms with Gasteiger partial charge < -0.3 is 14.7 Å². The summed E-state index contributed by atoms with van der Waals surface area (Å²) in [5.41, 5.74) is 0. The van der Waals surface area contributed by atoms with Gasteiger partial charge in [-0.05, 0) is 33.4 Å². The van der Waals surface area contributed by atoms with Gasteiger partial charge in [-0.2, -0.15) is 0 Å². The highest BCUT2D eigenvalue weighted by Gasteiger charge is 2.40. The maximum Gasteiger partial charge on any atom is 0.132 e. The second kappa shape index (κ2) is 5.94. The molecule has 0 aliphatic carbocycles. The summed E-state index contributed by atoms with van der Waals surface area (Å²) in [6, 6.07) is 0.0699. The zero-order valence-corrected chi connectivity index (χ0v) is 11.5. The fourth-order valence-electron chi connectivity index (χ4n) is 2.51. The van der Waals surface area contributed by atoms with Crippen molar-refractivity contribution >= 4 is 5.78 Å². The number of Topliss-reactive ketones (excluding diaryl/α,β-unsaturated/α-hetero) is 1. The van der Waals surface area contributed by atoms with Crippen molar-refractivity contribution in [3.05, 3.63) is 0 Å². The van der Waals surface area contributed by atoms with Crippen molar-refractivity contribution in [2.75, 3.05) is 14.1 Å². The molecule has 1 aliphatic heterocycles. The molecular weight excluding hydrogens is 218 g/mol. The van der Waals surface area contributed by atoms with Crippen molar-refractivity contribution in [1.29, 1.82) is 0 Å². The number of aliphatic hydroxyl groups excluding tert-OH is 1. The lowest BCUT2D eigenvalue weighted by atomic mass is 9.87. The average molecular weight is 243 g/mol. The minimum Gasteiger partial charge on any atom is -0.389 e. The molecule has 100 valence electrons. The number of carbonyl (C=O) groups is 1. The summed E-state index contributed by atoms with van der Waals surface area (Å²) in [4.78, 5) is 13.2. The van der Waals surface area contributed by atoms with Crippen LogP contribution >= 0.6 is 0 Å². The first-order chi connectivity index (χ1) is 7.82. The summed E-state index contributed by atoms with van der Waals surface area (Å²) >= 11 is 0. The van der Waals surface area contributed by atoms with Crippen LogP contribution in [0.1, 0.15) is 33.6 Å². The molecule has 1 aliphatic rings. The van der Waals surface area contributed by atoms with Gasteiger partial charge in [0.05, 0.1) is 18.3 Å². The number of rotatable bonds is 4. The summed E-state index contributed by atoms with van der Waals surface area (Å²) in [6.45, 7) is 5.66. The number of ether oxygens (including phenoxy) is 1. The number of ketones is 1. The highest BCUT2D eigenvalue weighted by atomic mass is 16.5. The summed E-state index contributed by atoms with van der Waals surface area (Å²) < 4.78 is 5.85. The molecule has 4 heteroatoms. The van der Waals surface area contributed by atoms with Gasteiger partial charge in [0.15, 0.2) is 0 Å². The van der Waals surface area contributed by atoms with Crippen LogP contribution in [0.4, 0.5) is 0 Å². The van der Waals surface area contributed by atoms with Crippen LogP contribution in [-0.2, 0) is 9.53 Å². The van der Waals surface area contributed by atoms with E-state index in [1.165, 1.54) is 0 Å². The zero-order chi connectivity index (χ0) is 13.2. The maximum atomic E-state index is 11.2. The molecule has 1 N–H and O–H groups in total. The molecule has 0 radical (unpaired) electrons. The molecule has 17 heavy (non-hydrogen) atoms. The zero-order valence-electron chi connectivity index (χ0n) is 11.5. The lowest BCUT2D eigenvalue weighted by Gasteiger charge is -2.43. The third-order valence-electron chi connectivity index (χ3n) is 3.42. The van der Waals surface area contributed by atoms with Crippen LogP contribution in [0.25, 0.3) is 0 Å². The van der Waals surface area contributed by atoms with E-state index in [9.17, 15) is 9.90 Å². The van der Waals surface area contributed by atoms with Crippen molar-refractivity contribution in [2.45, 2.75) is 58.0 Å². The second-order valence-electron chi connectivity index (χ2n) is 5.63. The second-order valence-corrected chi connectivity index (χ2v) is 5.63. The van der Waals surface area contributed by atoms with E-state index in [1.54, 1.807) is 6.92 Å². The Hall–Kier alpha value is -0.450. The Kier molecular flexibility index (Phi) is 5.10. The van der Waals surface area contributed by atoms with Crippen LogP contribution in [0.3, 0.4) is 0 Å². The van der Waals surface area contributed by atoms with Crippen molar-refractivity contribution < 1.29 is 14.6 Å². The van der Waals surface area contributed by atoms with Crippen molar-refractivity contribution in [2.24, 2.45) is 5.92 Å². The third kappa shape index (κ3) is 3.76. The molecule has 0 unspecified atom stereocenters. The molecule has 0 saturated carbocycles. The van der Waals surface area contributed by atoms with Crippen LogP contribution in [0.5, 0.6) is 0 Å². The molecule has 0 aromatic rings. The van der Waals surface area contributed by atoms with Gasteiger partial charge >= 0.3 is 0 Å². The van der Waals surface area contributed by atoms with Gasteiger partial charge in [-0.3, -0.25) is 4.79 Å².